The highest BCUT2D eigenvalue weighted by Gasteiger charge is 2.13. The second-order valence-electron chi connectivity index (χ2n) is 4.85. The van der Waals surface area contributed by atoms with Crippen LogP contribution in [0.5, 0.6) is 5.75 Å². The van der Waals surface area contributed by atoms with E-state index in [-0.39, 0.29) is 11.3 Å². The Morgan fingerprint density at radius 2 is 1.83 bits per heavy atom. The van der Waals surface area contributed by atoms with Gasteiger partial charge in [-0.2, -0.15) is 0 Å². The molecule has 2 rings (SSSR count). The molecule has 0 heterocycles. The SMILES string of the molecule is Cc1ccc(O)c(C(=O)NC(=O)/C=C/c2ccc(Cl)c(Cl)c2)c1. The van der Waals surface area contributed by atoms with E-state index in [0.717, 1.165) is 5.56 Å². The van der Waals surface area contributed by atoms with E-state index >= 15 is 0 Å². The highest BCUT2D eigenvalue weighted by Crippen LogP contribution is 2.23. The molecule has 0 unspecified atom stereocenters. The number of benzene rings is 2. The Morgan fingerprint density at radius 1 is 1.09 bits per heavy atom. The summed E-state index contributed by atoms with van der Waals surface area (Å²) in [4.78, 5) is 23.8. The van der Waals surface area contributed by atoms with Crippen LogP contribution in [0.25, 0.3) is 6.08 Å². The summed E-state index contributed by atoms with van der Waals surface area (Å²) in [6, 6.07) is 9.46. The number of nitrogens with one attached hydrogen (secondary N) is 1. The van der Waals surface area contributed by atoms with Gasteiger partial charge in [-0.3, -0.25) is 14.9 Å². The van der Waals surface area contributed by atoms with Gasteiger partial charge in [-0.05, 0) is 42.8 Å². The third kappa shape index (κ3) is 4.58. The van der Waals surface area contributed by atoms with Crippen LogP contribution < -0.4 is 5.32 Å². The number of halogens is 2. The molecular formula is C17H13Cl2NO3. The Kier molecular flexibility index (Phi) is 5.42. The average molecular weight is 350 g/mol. The number of aromatic hydroxyl groups is 1. The number of carbonyl (C=O) groups is 2. The molecule has 0 aromatic heterocycles. The Balaban J connectivity index is 2.06. The van der Waals surface area contributed by atoms with Crippen molar-refractivity contribution >= 4 is 41.1 Å². The zero-order chi connectivity index (χ0) is 17.0. The molecule has 0 fully saturated rings. The van der Waals surface area contributed by atoms with Gasteiger partial charge in [-0.15, -0.1) is 0 Å². The predicted molar refractivity (Wildman–Crippen MR) is 90.8 cm³/mol. The first-order valence-electron chi connectivity index (χ1n) is 6.65. The number of rotatable bonds is 3. The minimum Gasteiger partial charge on any atom is -0.507 e. The molecule has 0 spiro atoms. The minimum atomic E-state index is -0.671. The molecule has 23 heavy (non-hydrogen) atoms. The molecule has 0 atom stereocenters. The fourth-order valence-electron chi connectivity index (χ4n) is 1.84. The lowest BCUT2D eigenvalue weighted by Crippen LogP contribution is -2.28. The van der Waals surface area contributed by atoms with Gasteiger partial charge in [0.05, 0.1) is 15.6 Å². The fourth-order valence-corrected chi connectivity index (χ4v) is 2.15. The summed E-state index contributed by atoms with van der Waals surface area (Å²) in [5, 5.41) is 12.6. The molecule has 0 saturated carbocycles. The van der Waals surface area contributed by atoms with Crippen LogP contribution in [0.1, 0.15) is 21.5 Å². The van der Waals surface area contributed by atoms with E-state index in [1.807, 2.05) is 0 Å². The van der Waals surface area contributed by atoms with Crippen molar-refractivity contribution in [2.24, 2.45) is 0 Å². The van der Waals surface area contributed by atoms with Crippen LogP contribution in [0, 0.1) is 6.92 Å². The number of hydrogen-bond acceptors (Lipinski definition) is 3. The summed E-state index contributed by atoms with van der Waals surface area (Å²) in [6.07, 6.45) is 2.70. The number of phenolic OH excluding ortho intramolecular Hbond substituents is 1. The Hall–Kier alpha value is -2.30. The molecule has 118 valence electrons. The largest absolute Gasteiger partial charge is 0.507 e. The first-order valence-corrected chi connectivity index (χ1v) is 7.40. The van der Waals surface area contributed by atoms with E-state index in [2.05, 4.69) is 5.32 Å². The average Bonchev–Trinajstić information content (AvgIpc) is 2.50. The standard InChI is InChI=1S/C17H13Cl2NO3/c1-10-2-6-15(21)12(8-10)17(23)20-16(22)7-4-11-3-5-13(18)14(19)9-11/h2-9,21H,1H3,(H,20,22,23)/b7-4+. The third-order valence-corrected chi connectivity index (χ3v) is 3.74. The van der Waals surface area contributed by atoms with Crippen LogP contribution >= 0.6 is 23.2 Å². The molecule has 2 amide bonds. The van der Waals surface area contributed by atoms with Gasteiger partial charge in [0.1, 0.15) is 5.75 Å². The van der Waals surface area contributed by atoms with Crippen molar-refractivity contribution in [1.82, 2.24) is 5.32 Å². The Morgan fingerprint density at radius 3 is 2.52 bits per heavy atom. The van der Waals surface area contributed by atoms with Gasteiger partial charge in [0.25, 0.3) is 11.8 Å². The van der Waals surface area contributed by atoms with Crippen LogP contribution in [-0.2, 0) is 4.79 Å². The highest BCUT2D eigenvalue weighted by molar-refractivity contribution is 6.42. The van der Waals surface area contributed by atoms with Gasteiger partial charge >= 0.3 is 0 Å². The molecule has 2 N–H and O–H groups in total. The molecule has 6 heteroatoms. The number of imide groups is 1. The summed E-state index contributed by atoms with van der Waals surface area (Å²) in [5.74, 6) is -1.47. The van der Waals surface area contributed by atoms with Gasteiger partial charge < -0.3 is 5.11 Å². The highest BCUT2D eigenvalue weighted by atomic mass is 35.5. The van der Waals surface area contributed by atoms with Crippen molar-refractivity contribution in [2.75, 3.05) is 0 Å². The van der Waals surface area contributed by atoms with Crippen LogP contribution in [-0.4, -0.2) is 16.9 Å². The maximum atomic E-state index is 12.0. The predicted octanol–water partition coefficient (Wildman–Crippen LogP) is 3.98. The summed E-state index contributed by atoms with van der Waals surface area (Å²) in [6.45, 7) is 1.78. The van der Waals surface area contributed by atoms with Crippen molar-refractivity contribution in [3.63, 3.8) is 0 Å². The van der Waals surface area contributed by atoms with E-state index in [0.29, 0.717) is 15.6 Å². The molecule has 2 aromatic rings. The number of amides is 2. The Labute approximate surface area is 143 Å². The van der Waals surface area contributed by atoms with Gasteiger partial charge in [-0.1, -0.05) is 40.9 Å². The molecule has 0 radical (unpaired) electrons. The van der Waals surface area contributed by atoms with Crippen molar-refractivity contribution in [3.8, 4) is 5.75 Å². The van der Waals surface area contributed by atoms with E-state index in [9.17, 15) is 14.7 Å². The molecular weight excluding hydrogens is 337 g/mol. The number of phenols is 1. The summed E-state index contributed by atoms with van der Waals surface area (Å²) in [5.41, 5.74) is 1.51. The zero-order valence-corrected chi connectivity index (χ0v) is 13.7. The second kappa shape index (κ2) is 7.31. The molecule has 2 aromatic carbocycles. The maximum absolute atomic E-state index is 12.0. The summed E-state index contributed by atoms with van der Waals surface area (Å²) >= 11 is 11.7. The lowest BCUT2D eigenvalue weighted by molar-refractivity contribution is -0.115. The molecule has 0 aliphatic carbocycles. The van der Waals surface area contributed by atoms with Crippen molar-refractivity contribution < 1.29 is 14.7 Å². The van der Waals surface area contributed by atoms with Gasteiger partial charge in [0.2, 0.25) is 0 Å². The summed E-state index contributed by atoms with van der Waals surface area (Å²) < 4.78 is 0. The summed E-state index contributed by atoms with van der Waals surface area (Å²) in [7, 11) is 0. The monoisotopic (exact) mass is 349 g/mol. The van der Waals surface area contributed by atoms with E-state index < -0.39 is 11.8 Å². The number of hydrogen-bond donors (Lipinski definition) is 2. The van der Waals surface area contributed by atoms with E-state index in [1.54, 1.807) is 31.2 Å². The van der Waals surface area contributed by atoms with Crippen LogP contribution in [0.4, 0.5) is 0 Å². The molecule has 0 aliphatic rings. The van der Waals surface area contributed by atoms with Gasteiger partial charge in [0, 0.05) is 6.08 Å². The number of carbonyl (C=O) groups excluding carboxylic acids is 2. The van der Waals surface area contributed by atoms with Crippen LogP contribution in [0.2, 0.25) is 10.0 Å². The van der Waals surface area contributed by atoms with E-state index in [4.69, 9.17) is 23.2 Å². The van der Waals surface area contributed by atoms with Crippen molar-refractivity contribution in [2.45, 2.75) is 6.92 Å². The lowest BCUT2D eigenvalue weighted by atomic mass is 10.1. The first-order chi connectivity index (χ1) is 10.9. The molecule has 0 aliphatic heterocycles. The molecule has 4 nitrogen and oxygen atoms in total. The van der Waals surface area contributed by atoms with Gasteiger partial charge in [0.15, 0.2) is 0 Å². The number of aryl methyl sites for hydroxylation is 1. The normalized spacial score (nSPS) is 10.7. The molecule has 0 saturated heterocycles. The van der Waals surface area contributed by atoms with Crippen LogP contribution in [0.3, 0.4) is 0 Å². The molecule has 0 bridgehead atoms. The fraction of sp³-hybridized carbons (Fsp3) is 0.0588. The lowest BCUT2D eigenvalue weighted by Gasteiger charge is -2.05. The zero-order valence-electron chi connectivity index (χ0n) is 12.1. The Bertz CT molecular complexity index is 800. The first kappa shape index (κ1) is 17.1. The third-order valence-electron chi connectivity index (χ3n) is 3.00. The maximum Gasteiger partial charge on any atom is 0.261 e. The van der Waals surface area contributed by atoms with Gasteiger partial charge in [-0.25, -0.2) is 0 Å². The van der Waals surface area contributed by atoms with Crippen molar-refractivity contribution in [1.29, 1.82) is 0 Å². The minimum absolute atomic E-state index is 0.0429. The smallest absolute Gasteiger partial charge is 0.261 e. The second-order valence-corrected chi connectivity index (χ2v) is 5.66. The van der Waals surface area contributed by atoms with Crippen molar-refractivity contribution in [3.05, 3.63) is 69.2 Å². The van der Waals surface area contributed by atoms with Crippen LogP contribution in [0.15, 0.2) is 42.5 Å². The topological polar surface area (TPSA) is 66.4 Å². The quantitative estimate of drug-likeness (QED) is 0.823. The van der Waals surface area contributed by atoms with E-state index in [1.165, 1.54) is 24.3 Å².